The molecule has 0 spiro atoms. The summed E-state index contributed by atoms with van der Waals surface area (Å²) < 4.78 is 14.2. The Morgan fingerprint density at radius 2 is 2.26 bits per heavy atom. The van der Waals surface area contributed by atoms with Crippen LogP contribution in [-0.4, -0.2) is 35.7 Å². The van der Waals surface area contributed by atoms with E-state index < -0.39 is 6.10 Å². The third-order valence-corrected chi connectivity index (χ3v) is 3.16. The van der Waals surface area contributed by atoms with Gasteiger partial charge in [0.25, 0.3) is 0 Å². The maximum absolute atomic E-state index is 13.5. The monoisotopic (exact) mass is 332 g/mol. The van der Waals surface area contributed by atoms with Crippen molar-refractivity contribution in [2.24, 2.45) is 0 Å². The summed E-state index contributed by atoms with van der Waals surface area (Å²) in [4.78, 5) is 13.2. The molecule has 0 aliphatic heterocycles. The molecule has 2 amide bonds. The van der Waals surface area contributed by atoms with E-state index in [1.165, 1.54) is 11.0 Å². The molecule has 106 valence electrons. The van der Waals surface area contributed by atoms with E-state index in [1.54, 1.807) is 26.1 Å². The SMILES string of the molecule is CC(O)CCN(C)C(=O)NCc1cc(Br)ccc1F. The van der Waals surface area contributed by atoms with Gasteiger partial charge in [-0.25, -0.2) is 9.18 Å². The van der Waals surface area contributed by atoms with E-state index in [0.717, 1.165) is 4.47 Å². The van der Waals surface area contributed by atoms with Gasteiger partial charge in [0.05, 0.1) is 6.10 Å². The van der Waals surface area contributed by atoms with Crippen LogP contribution in [0.1, 0.15) is 18.9 Å². The van der Waals surface area contributed by atoms with Crippen molar-refractivity contribution < 1.29 is 14.3 Å². The van der Waals surface area contributed by atoms with Gasteiger partial charge in [-0.2, -0.15) is 0 Å². The number of benzene rings is 1. The molecule has 0 saturated heterocycles. The Morgan fingerprint density at radius 1 is 1.58 bits per heavy atom. The first-order chi connectivity index (χ1) is 8.90. The van der Waals surface area contributed by atoms with Crippen molar-refractivity contribution in [2.75, 3.05) is 13.6 Å². The molecule has 0 saturated carbocycles. The smallest absolute Gasteiger partial charge is 0.317 e. The Hall–Kier alpha value is -1.14. The predicted octanol–water partition coefficient (Wildman–Crippen LogP) is 2.50. The average Bonchev–Trinajstić information content (AvgIpc) is 2.36. The number of amides is 2. The number of nitrogens with one attached hydrogen (secondary N) is 1. The fourth-order valence-electron chi connectivity index (χ4n) is 1.47. The molecule has 1 aromatic rings. The third-order valence-electron chi connectivity index (χ3n) is 2.67. The number of carbonyl (C=O) groups is 1. The largest absolute Gasteiger partial charge is 0.393 e. The van der Waals surface area contributed by atoms with E-state index in [4.69, 9.17) is 5.11 Å². The highest BCUT2D eigenvalue weighted by molar-refractivity contribution is 9.10. The maximum atomic E-state index is 13.5. The summed E-state index contributed by atoms with van der Waals surface area (Å²) in [6.07, 6.45) is 0.0626. The number of hydrogen-bond donors (Lipinski definition) is 2. The summed E-state index contributed by atoms with van der Waals surface area (Å²) in [7, 11) is 1.63. The highest BCUT2D eigenvalue weighted by Gasteiger charge is 2.10. The van der Waals surface area contributed by atoms with Crippen LogP contribution in [0.4, 0.5) is 9.18 Å². The standard InChI is InChI=1S/C13H18BrFN2O2/c1-9(18)5-6-17(2)13(19)16-8-10-7-11(14)3-4-12(10)15/h3-4,7,9,18H,5-6,8H2,1-2H3,(H,16,19). The molecule has 6 heteroatoms. The van der Waals surface area contributed by atoms with Gasteiger partial charge in [-0.05, 0) is 31.5 Å². The van der Waals surface area contributed by atoms with Crippen molar-refractivity contribution in [3.63, 3.8) is 0 Å². The first-order valence-electron chi connectivity index (χ1n) is 6.01. The second-order valence-corrected chi connectivity index (χ2v) is 5.37. The summed E-state index contributed by atoms with van der Waals surface area (Å²) in [5.41, 5.74) is 0.423. The summed E-state index contributed by atoms with van der Waals surface area (Å²) in [6.45, 7) is 2.25. The molecule has 1 rings (SSSR count). The van der Waals surface area contributed by atoms with Crippen LogP contribution in [0, 0.1) is 5.82 Å². The minimum absolute atomic E-state index is 0.128. The Morgan fingerprint density at radius 3 is 2.89 bits per heavy atom. The summed E-state index contributed by atoms with van der Waals surface area (Å²) >= 11 is 3.26. The van der Waals surface area contributed by atoms with Gasteiger partial charge >= 0.3 is 6.03 Å². The second kappa shape index (κ2) is 7.45. The second-order valence-electron chi connectivity index (χ2n) is 4.45. The van der Waals surface area contributed by atoms with Crippen molar-refractivity contribution in [3.8, 4) is 0 Å². The Balaban J connectivity index is 2.47. The van der Waals surface area contributed by atoms with E-state index >= 15 is 0 Å². The quantitative estimate of drug-likeness (QED) is 0.870. The van der Waals surface area contributed by atoms with Crippen LogP contribution >= 0.6 is 15.9 Å². The van der Waals surface area contributed by atoms with E-state index in [1.807, 2.05) is 0 Å². The third kappa shape index (κ3) is 5.57. The predicted molar refractivity (Wildman–Crippen MR) is 75.3 cm³/mol. The zero-order chi connectivity index (χ0) is 14.4. The van der Waals surface area contributed by atoms with Crippen molar-refractivity contribution in [1.82, 2.24) is 10.2 Å². The van der Waals surface area contributed by atoms with Gasteiger partial charge in [0, 0.05) is 30.2 Å². The molecule has 2 N–H and O–H groups in total. The van der Waals surface area contributed by atoms with E-state index in [-0.39, 0.29) is 18.4 Å². The van der Waals surface area contributed by atoms with E-state index in [2.05, 4.69) is 21.2 Å². The molecule has 0 heterocycles. The molecule has 0 aliphatic carbocycles. The van der Waals surface area contributed by atoms with E-state index in [9.17, 15) is 9.18 Å². The number of halogens is 2. The van der Waals surface area contributed by atoms with Gasteiger partial charge in [0.15, 0.2) is 0 Å². The molecule has 0 aliphatic rings. The molecule has 4 nitrogen and oxygen atoms in total. The van der Waals surface area contributed by atoms with Gasteiger partial charge in [-0.3, -0.25) is 0 Å². The molecule has 0 radical (unpaired) electrons. The molecule has 1 aromatic carbocycles. The minimum atomic E-state index is -0.447. The van der Waals surface area contributed by atoms with Gasteiger partial charge in [-0.1, -0.05) is 15.9 Å². The zero-order valence-corrected chi connectivity index (χ0v) is 12.6. The van der Waals surface area contributed by atoms with Gasteiger partial charge < -0.3 is 15.3 Å². The number of nitrogens with zero attached hydrogens (tertiary/aromatic N) is 1. The highest BCUT2D eigenvalue weighted by atomic mass is 79.9. The summed E-state index contributed by atoms with van der Waals surface area (Å²) in [6, 6.07) is 4.30. The Kier molecular flexibility index (Phi) is 6.24. The zero-order valence-electron chi connectivity index (χ0n) is 11.0. The Labute approximate surface area is 120 Å². The number of rotatable bonds is 5. The van der Waals surface area contributed by atoms with Crippen LogP contribution in [-0.2, 0) is 6.54 Å². The molecular formula is C13H18BrFN2O2. The molecule has 19 heavy (non-hydrogen) atoms. The van der Waals surface area contributed by atoms with Crippen LogP contribution in [0.2, 0.25) is 0 Å². The normalized spacial score (nSPS) is 12.1. The van der Waals surface area contributed by atoms with Crippen molar-refractivity contribution in [2.45, 2.75) is 26.0 Å². The van der Waals surface area contributed by atoms with E-state index in [0.29, 0.717) is 18.5 Å². The van der Waals surface area contributed by atoms with Gasteiger partial charge in [0.1, 0.15) is 5.82 Å². The number of carbonyl (C=O) groups excluding carboxylic acids is 1. The van der Waals surface area contributed by atoms with Crippen LogP contribution in [0.25, 0.3) is 0 Å². The van der Waals surface area contributed by atoms with Crippen LogP contribution in [0.3, 0.4) is 0 Å². The molecule has 0 fully saturated rings. The summed E-state index contributed by atoms with van der Waals surface area (Å²) in [5, 5.41) is 11.8. The molecular weight excluding hydrogens is 315 g/mol. The molecule has 0 bridgehead atoms. The van der Waals surface area contributed by atoms with Crippen LogP contribution in [0.15, 0.2) is 22.7 Å². The summed E-state index contributed by atoms with van der Waals surface area (Å²) in [5.74, 6) is -0.352. The highest BCUT2D eigenvalue weighted by Crippen LogP contribution is 2.15. The molecule has 1 atom stereocenters. The Bertz CT molecular complexity index is 441. The number of hydrogen-bond acceptors (Lipinski definition) is 2. The molecule has 0 aromatic heterocycles. The van der Waals surface area contributed by atoms with Crippen LogP contribution < -0.4 is 5.32 Å². The average molecular weight is 333 g/mol. The number of urea groups is 1. The van der Waals surface area contributed by atoms with Crippen molar-refractivity contribution >= 4 is 22.0 Å². The number of aliphatic hydroxyl groups excluding tert-OH is 1. The fourth-order valence-corrected chi connectivity index (χ4v) is 1.88. The number of aliphatic hydroxyl groups is 1. The lowest BCUT2D eigenvalue weighted by molar-refractivity contribution is 0.163. The lowest BCUT2D eigenvalue weighted by Gasteiger charge is -2.18. The van der Waals surface area contributed by atoms with Gasteiger partial charge in [0.2, 0.25) is 0 Å². The lowest BCUT2D eigenvalue weighted by Crippen LogP contribution is -2.38. The first kappa shape index (κ1) is 15.9. The fraction of sp³-hybridized carbons (Fsp3) is 0.462. The topological polar surface area (TPSA) is 52.6 Å². The first-order valence-corrected chi connectivity index (χ1v) is 6.80. The molecule has 1 unspecified atom stereocenters. The maximum Gasteiger partial charge on any atom is 0.317 e. The van der Waals surface area contributed by atoms with Crippen molar-refractivity contribution in [1.29, 1.82) is 0 Å². The van der Waals surface area contributed by atoms with Gasteiger partial charge in [-0.15, -0.1) is 0 Å². The lowest BCUT2D eigenvalue weighted by atomic mass is 10.2. The van der Waals surface area contributed by atoms with Crippen molar-refractivity contribution in [3.05, 3.63) is 34.1 Å². The minimum Gasteiger partial charge on any atom is -0.393 e. The van der Waals surface area contributed by atoms with Crippen LogP contribution in [0.5, 0.6) is 0 Å².